The summed E-state index contributed by atoms with van der Waals surface area (Å²) in [5, 5.41) is 5.53. The first kappa shape index (κ1) is 27.7. The van der Waals surface area contributed by atoms with Crippen LogP contribution in [0.5, 0.6) is 11.5 Å². The number of amides is 2. The van der Waals surface area contributed by atoms with Crippen LogP contribution in [0.4, 0.5) is 11.4 Å². The molecule has 38 heavy (non-hydrogen) atoms. The lowest BCUT2D eigenvalue weighted by molar-refractivity contribution is -0.142. The maximum Gasteiger partial charge on any atom is 0.308 e. The van der Waals surface area contributed by atoms with Crippen molar-refractivity contribution in [2.45, 2.75) is 12.8 Å². The summed E-state index contributed by atoms with van der Waals surface area (Å²) < 4.78 is 20.5. The maximum absolute atomic E-state index is 13.2. The number of methoxy groups -OCH3 is 2. The van der Waals surface area contributed by atoms with Gasteiger partial charge in [-0.05, 0) is 36.4 Å². The monoisotopic (exact) mass is 520 g/mol. The average Bonchev–Trinajstić information content (AvgIpc) is 2.94. The number of anilines is 2. The summed E-state index contributed by atoms with van der Waals surface area (Å²) in [6, 6.07) is 19.9. The molecule has 0 saturated carbocycles. The van der Waals surface area contributed by atoms with Crippen molar-refractivity contribution in [2.24, 2.45) is 0 Å². The molecule has 0 aliphatic heterocycles. The zero-order valence-electron chi connectivity index (χ0n) is 21.0. The van der Waals surface area contributed by atoms with Crippen LogP contribution < -0.4 is 20.1 Å². The van der Waals surface area contributed by atoms with Crippen LogP contribution in [0.25, 0.3) is 0 Å². The quantitative estimate of drug-likeness (QED) is 0.342. The average molecular weight is 521 g/mol. The minimum absolute atomic E-state index is 0.0513. The fourth-order valence-corrected chi connectivity index (χ4v) is 3.34. The number of carbonyl (C=O) groups is 4. The largest absolute Gasteiger partial charge is 0.491 e. The Hall–Kier alpha value is -4.86. The number of carbonyl (C=O) groups excluding carboxylic acids is 4. The van der Waals surface area contributed by atoms with E-state index in [9.17, 15) is 19.2 Å². The molecule has 0 saturated heterocycles. The van der Waals surface area contributed by atoms with Crippen molar-refractivity contribution in [1.82, 2.24) is 0 Å². The van der Waals surface area contributed by atoms with Crippen molar-refractivity contribution in [2.75, 3.05) is 38.1 Å². The van der Waals surface area contributed by atoms with Gasteiger partial charge < -0.3 is 29.6 Å². The molecule has 10 heteroatoms. The molecule has 0 atom stereocenters. The molecule has 0 bridgehead atoms. The van der Waals surface area contributed by atoms with Crippen molar-refractivity contribution in [1.29, 1.82) is 0 Å². The summed E-state index contributed by atoms with van der Waals surface area (Å²) >= 11 is 0. The minimum Gasteiger partial charge on any atom is -0.491 e. The molecule has 198 valence electrons. The molecule has 10 nitrogen and oxygen atoms in total. The van der Waals surface area contributed by atoms with Crippen LogP contribution >= 0.6 is 0 Å². The summed E-state index contributed by atoms with van der Waals surface area (Å²) in [4.78, 5) is 49.1. The Kier molecular flexibility index (Phi) is 10.2. The first-order valence-corrected chi connectivity index (χ1v) is 11.7. The lowest BCUT2D eigenvalue weighted by Gasteiger charge is -2.15. The Morgan fingerprint density at radius 3 is 1.34 bits per heavy atom. The second-order valence-corrected chi connectivity index (χ2v) is 7.80. The predicted molar refractivity (Wildman–Crippen MR) is 139 cm³/mol. The lowest BCUT2D eigenvalue weighted by atomic mass is 10.1. The van der Waals surface area contributed by atoms with Gasteiger partial charge >= 0.3 is 11.9 Å². The number of esters is 2. The van der Waals surface area contributed by atoms with E-state index in [-0.39, 0.29) is 37.2 Å². The fourth-order valence-electron chi connectivity index (χ4n) is 3.34. The lowest BCUT2D eigenvalue weighted by Crippen LogP contribution is -2.21. The van der Waals surface area contributed by atoms with Gasteiger partial charge in [0.15, 0.2) is 0 Å². The summed E-state index contributed by atoms with van der Waals surface area (Å²) in [5.74, 6) is -1.15. The molecule has 0 unspecified atom stereocenters. The number of benzene rings is 3. The van der Waals surface area contributed by atoms with Gasteiger partial charge in [-0.2, -0.15) is 0 Å². The van der Waals surface area contributed by atoms with E-state index in [1.54, 1.807) is 60.7 Å². The van der Waals surface area contributed by atoms with Crippen LogP contribution in [0.15, 0.2) is 72.8 Å². The van der Waals surface area contributed by atoms with Gasteiger partial charge in [0.05, 0.1) is 62.8 Å². The molecule has 0 spiro atoms. The minimum atomic E-state index is -0.526. The highest BCUT2D eigenvalue weighted by Gasteiger charge is 2.19. The SMILES string of the molecule is COC(=O)CCOc1ccccc1NC(=O)c1ccccc1C(=O)Nc1ccccc1OCCC(=O)OC. The zero-order chi connectivity index (χ0) is 27.3. The van der Waals surface area contributed by atoms with Gasteiger partial charge in [-0.15, -0.1) is 0 Å². The topological polar surface area (TPSA) is 129 Å². The molecular weight excluding hydrogens is 492 g/mol. The number of rotatable bonds is 12. The Balaban J connectivity index is 1.73. The van der Waals surface area contributed by atoms with E-state index in [1.807, 2.05) is 0 Å². The first-order valence-electron chi connectivity index (χ1n) is 11.7. The first-order chi connectivity index (χ1) is 18.4. The molecule has 2 amide bonds. The summed E-state index contributed by atoms with van der Waals surface area (Å²) in [5.41, 5.74) is 1.03. The van der Waals surface area contributed by atoms with Crippen LogP contribution in [0, 0.1) is 0 Å². The molecule has 3 aromatic carbocycles. The normalized spacial score (nSPS) is 10.2. The van der Waals surface area contributed by atoms with E-state index in [4.69, 9.17) is 9.47 Å². The fraction of sp³-hybridized carbons (Fsp3) is 0.214. The predicted octanol–water partition coefficient (Wildman–Crippen LogP) is 4.08. The third-order valence-electron chi connectivity index (χ3n) is 5.27. The Labute approximate surface area is 219 Å². The van der Waals surface area contributed by atoms with E-state index in [0.29, 0.717) is 22.9 Å². The Bertz CT molecular complexity index is 1190. The molecule has 2 N–H and O–H groups in total. The van der Waals surface area contributed by atoms with Crippen LogP contribution in [0.1, 0.15) is 33.6 Å². The van der Waals surface area contributed by atoms with Crippen molar-refractivity contribution >= 4 is 35.1 Å². The number of ether oxygens (including phenoxy) is 4. The molecule has 0 aliphatic carbocycles. The van der Waals surface area contributed by atoms with Crippen molar-refractivity contribution in [3.63, 3.8) is 0 Å². The van der Waals surface area contributed by atoms with Gasteiger partial charge in [-0.25, -0.2) is 0 Å². The van der Waals surface area contributed by atoms with Gasteiger partial charge in [-0.1, -0.05) is 36.4 Å². The van der Waals surface area contributed by atoms with E-state index in [1.165, 1.54) is 26.4 Å². The summed E-state index contributed by atoms with van der Waals surface area (Å²) in [7, 11) is 2.59. The van der Waals surface area contributed by atoms with E-state index in [2.05, 4.69) is 20.1 Å². The van der Waals surface area contributed by atoms with Crippen LogP contribution in [0.3, 0.4) is 0 Å². The molecule has 0 radical (unpaired) electrons. The van der Waals surface area contributed by atoms with Crippen LogP contribution in [-0.2, 0) is 19.1 Å². The highest BCUT2D eigenvalue weighted by Crippen LogP contribution is 2.27. The molecule has 0 aliphatic rings. The van der Waals surface area contributed by atoms with Crippen molar-refractivity contribution in [3.05, 3.63) is 83.9 Å². The van der Waals surface area contributed by atoms with Gasteiger partial charge in [0.1, 0.15) is 11.5 Å². The summed E-state index contributed by atoms with van der Waals surface area (Å²) in [6.45, 7) is 0.138. The third-order valence-corrected chi connectivity index (χ3v) is 5.27. The second-order valence-electron chi connectivity index (χ2n) is 7.80. The van der Waals surface area contributed by atoms with E-state index in [0.717, 1.165) is 0 Å². The van der Waals surface area contributed by atoms with E-state index < -0.39 is 23.8 Å². The van der Waals surface area contributed by atoms with Gasteiger partial charge in [0.2, 0.25) is 0 Å². The third kappa shape index (κ3) is 7.82. The zero-order valence-corrected chi connectivity index (χ0v) is 21.0. The Morgan fingerprint density at radius 1 is 0.579 bits per heavy atom. The number of hydrogen-bond donors (Lipinski definition) is 2. The molecular formula is C28H28N2O8. The summed E-state index contributed by atoms with van der Waals surface area (Å²) in [6.07, 6.45) is 0.103. The Morgan fingerprint density at radius 2 is 0.947 bits per heavy atom. The number of nitrogens with one attached hydrogen (secondary N) is 2. The maximum atomic E-state index is 13.2. The number of hydrogen-bond acceptors (Lipinski definition) is 8. The molecule has 0 heterocycles. The van der Waals surface area contributed by atoms with Crippen molar-refractivity contribution < 1.29 is 38.1 Å². The molecule has 0 fully saturated rings. The highest BCUT2D eigenvalue weighted by atomic mass is 16.5. The second kappa shape index (κ2) is 14.0. The van der Waals surface area contributed by atoms with Gasteiger partial charge in [0, 0.05) is 0 Å². The standard InChI is InChI=1S/C28H28N2O8/c1-35-25(31)15-17-37-23-13-7-5-11-21(23)29-27(33)19-9-3-4-10-20(19)28(34)30-22-12-6-8-14-24(22)38-18-16-26(32)36-2/h3-14H,15-18H2,1-2H3,(H,29,33)(H,30,34). The highest BCUT2D eigenvalue weighted by molar-refractivity contribution is 6.15. The van der Waals surface area contributed by atoms with Crippen LogP contribution in [-0.4, -0.2) is 51.2 Å². The van der Waals surface area contributed by atoms with Crippen molar-refractivity contribution in [3.8, 4) is 11.5 Å². The van der Waals surface area contributed by atoms with E-state index >= 15 is 0 Å². The smallest absolute Gasteiger partial charge is 0.308 e. The van der Waals surface area contributed by atoms with Gasteiger partial charge in [-0.3, -0.25) is 19.2 Å². The molecule has 0 aromatic heterocycles. The molecule has 3 rings (SSSR count). The number of para-hydroxylation sites is 4. The van der Waals surface area contributed by atoms with Gasteiger partial charge in [0.25, 0.3) is 11.8 Å². The van der Waals surface area contributed by atoms with Crippen LogP contribution in [0.2, 0.25) is 0 Å². The molecule has 3 aromatic rings.